The Balaban J connectivity index is 1.77. The third-order valence-corrected chi connectivity index (χ3v) is 3.24. The van der Waals surface area contributed by atoms with Gasteiger partial charge in [-0.3, -0.25) is 0 Å². The molecule has 0 amide bonds. The summed E-state index contributed by atoms with van der Waals surface area (Å²) in [7, 11) is 0. The zero-order valence-electron chi connectivity index (χ0n) is 8.89. The molecule has 2 aliphatic rings. The van der Waals surface area contributed by atoms with Gasteiger partial charge in [0.05, 0.1) is 11.9 Å². The molecule has 1 aromatic rings. The number of nitrogens with two attached hydrogens (primary N) is 1. The number of pyridine rings is 1. The summed E-state index contributed by atoms with van der Waals surface area (Å²) in [6.07, 6.45) is 7.42. The number of anilines is 2. The second kappa shape index (κ2) is 3.40. The molecule has 2 saturated carbocycles. The van der Waals surface area contributed by atoms with Crippen molar-refractivity contribution >= 4 is 11.5 Å². The Bertz CT molecular complexity index is 338. The minimum Gasteiger partial charge on any atom is -0.384 e. The summed E-state index contributed by atoms with van der Waals surface area (Å²) < 4.78 is 0. The van der Waals surface area contributed by atoms with Crippen LogP contribution in [0.25, 0.3) is 0 Å². The Morgan fingerprint density at radius 3 is 2.60 bits per heavy atom. The number of nitrogens with zero attached hydrogens (tertiary/aromatic N) is 2. The fraction of sp³-hybridized carbons (Fsp3) is 0.583. The van der Waals surface area contributed by atoms with Crippen LogP contribution in [-0.2, 0) is 0 Å². The van der Waals surface area contributed by atoms with Crippen molar-refractivity contribution in [3.63, 3.8) is 0 Å². The quantitative estimate of drug-likeness (QED) is 0.814. The molecule has 1 heterocycles. The molecule has 3 nitrogen and oxygen atoms in total. The van der Waals surface area contributed by atoms with Crippen molar-refractivity contribution in [1.29, 1.82) is 0 Å². The summed E-state index contributed by atoms with van der Waals surface area (Å²) >= 11 is 0. The van der Waals surface area contributed by atoms with Gasteiger partial charge in [0, 0.05) is 12.6 Å². The standard InChI is InChI=1S/C12H17N3/c13-12-6-5-11(7-14-12)15(10-3-4-10)8-9-1-2-9/h5-7,9-10H,1-4,8H2,(H2,13,14). The molecular weight excluding hydrogens is 186 g/mol. The summed E-state index contributed by atoms with van der Waals surface area (Å²) in [5, 5.41) is 0. The highest BCUT2D eigenvalue weighted by Gasteiger charge is 2.33. The van der Waals surface area contributed by atoms with Crippen LogP contribution in [0.4, 0.5) is 11.5 Å². The second-order valence-corrected chi connectivity index (χ2v) is 4.77. The van der Waals surface area contributed by atoms with E-state index in [0.29, 0.717) is 5.82 Å². The molecule has 0 atom stereocenters. The predicted octanol–water partition coefficient (Wildman–Crippen LogP) is 2.04. The van der Waals surface area contributed by atoms with Crippen molar-refractivity contribution in [3.8, 4) is 0 Å². The first-order valence-electron chi connectivity index (χ1n) is 5.81. The van der Waals surface area contributed by atoms with Crippen molar-refractivity contribution in [2.45, 2.75) is 31.7 Å². The van der Waals surface area contributed by atoms with Crippen LogP contribution in [0.15, 0.2) is 18.3 Å². The summed E-state index contributed by atoms with van der Waals surface area (Å²) in [5.41, 5.74) is 6.85. The van der Waals surface area contributed by atoms with Gasteiger partial charge >= 0.3 is 0 Å². The van der Waals surface area contributed by atoms with Crippen LogP contribution in [-0.4, -0.2) is 17.6 Å². The number of hydrogen-bond donors (Lipinski definition) is 1. The molecule has 0 aromatic carbocycles. The molecule has 3 rings (SSSR count). The van der Waals surface area contributed by atoms with Crippen LogP contribution < -0.4 is 10.6 Å². The summed E-state index contributed by atoms with van der Waals surface area (Å²) in [4.78, 5) is 6.69. The largest absolute Gasteiger partial charge is 0.384 e. The van der Waals surface area contributed by atoms with E-state index in [1.807, 2.05) is 12.3 Å². The lowest BCUT2D eigenvalue weighted by Crippen LogP contribution is -2.28. The first-order chi connectivity index (χ1) is 7.33. The van der Waals surface area contributed by atoms with E-state index in [9.17, 15) is 0 Å². The highest BCUT2D eigenvalue weighted by atomic mass is 15.2. The van der Waals surface area contributed by atoms with Gasteiger partial charge in [-0.2, -0.15) is 0 Å². The Kier molecular flexibility index (Phi) is 2.04. The minimum absolute atomic E-state index is 0.612. The first-order valence-corrected chi connectivity index (χ1v) is 5.81. The van der Waals surface area contributed by atoms with E-state index in [4.69, 9.17) is 5.73 Å². The molecule has 1 aromatic heterocycles. The SMILES string of the molecule is Nc1ccc(N(CC2CC2)C2CC2)cn1. The van der Waals surface area contributed by atoms with E-state index in [0.717, 1.165) is 12.0 Å². The zero-order chi connectivity index (χ0) is 10.3. The number of aromatic nitrogens is 1. The maximum atomic E-state index is 5.60. The van der Waals surface area contributed by atoms with Crippen LogP contribution in [0.3, 0.4) is 0 Å². The van der Waals surface area contributed by atoms with Gasteiger partial charge in [0.1, 0.15) is 5.82 Å². The van der Waals surface area contributed by atoms with E-state index in [-0.39, 0.29) is 0 Å². The average Bonchev–Trinajstić information content (AvgIpc) is 3.10. The van der Waals surface area contributed by atoms with Gasteiger partial charge in [0.2, 0.25) is 0 Å². The lowest BCUT2D eigenvalue weighted by atomic mass is 10.3. The van der Waals surface area contributed by atoms with E-state index in [2.05, 4.69) is 16.0 Å². The molecule has 2 aliphatic carbocycles. The molecule has 0 radical (unpaired) electrons. The van der Waals surface area contributed by atoms with Crippen LogP contribution in [0, 0.1) is 5.92 Å². The Morgan fingerprint density at radius 1 is 1.27 bits per heavy atom. The van der Waals surface area contributed by atoms with E-state index >= 15 is 0 Å². The van der Waals surface area contributed by atoms with Gasteiger partial charge in [-0.25, -0.2) is 4.98 Å². The fourth-order valence-electron chi connectivity index (χ4n) is 2.00. The smallest absolute Gasteiger partial charge is 0.123 e. The van der Waals surface area contributed by atoms with Gasteiger partial charge in [-0.05, 0) is 43.7 Å². The minimum atomic E-state index is 0.612. The predicted molar refractivity (Wildman–Crippen MR) is 61.7 cm³/mol. The normalized spacial score (nSPS) is 20.3. The number of rotatable bonds is 4. The van der Waals surface area contributed by atoms with E-state index < -0.39 is 0 Å². The van der Waals surface area contributed by atoms with Gasteiger partial charge < -0.3 is 10.6 Å². The van der Waals surface area contributed by atoms with E-state index in [1.165, 1.54) is 37.9 Å². The average molecular weight is 203 g/mol. The highest BCUT2D eigenvalue weighted by Crippen LogP contribution is 2.37. The molecule has 0 aliphatic heterocycles. The maximum absolute atomic E-state index is 5.60. The topological polar surface area (TPSA) is 42.1 Å². The van der Waals surface area contributed by atoms with Crippen LogP contribution in [0.2, 0.25) is 0 Å². The van der Waals surface area contributed by atoms with E-state index in [1.54, 1.807) is 0 Å². The molecule has 0 saturated heterocycles. The molecule has 2 fully saturated rings. The fourth-order valence-corrected chi connectivity index (χ4v) is 2.00. The van der Waals surface area contributed by atoms with Crippen molar-refractivity contribution in [1.82, 2.24) is 4.98 Å². The lowest BCUT2D eigenvalue weighted by Gasteiger charge is -2.24. The van der Waals surface area contributed by atoms with Crippen molar-refractivity contribution in [2.75, 3.05) is 17.2 Å². The molecule has 15 heavy (non-hydrogen) atoms. The van der Waals surface area contributed by atoms with Crippen LogP contribution >= 0.6 is 0 Å². The number of nitrogen functional groups attached to an aromatic ring is 1. The monoisotopic (exact) mass is 203 g/mol. The molecule has 0 unspecified atom stereocenters. The Labute approximate surface area is 90.3 Å². The Morgan fingerprint density at radius 2 is 2.07 bits per heavy atom. The van der Waals surface area contributed by atoms with Gasteiger partial charge in [-0.15, -0.1) is 0 Å². The summed E-state index contributed by atoms with van der Waals surface area (Å²) in [6.45, 7) is 1.22. The Hall–Kier alpha value is -1.25. The first kappa shape index (κ1) is 9.01. The molecule has 2 N–H and O–H groups in total. The molecular formula is C12H17N3. The van der Waals surface area contributed by atoms with Gasteiger partial charge in [-0.1, -0.05) is 0 Å². The lowest BCUT2D eigenvalue weighted by molar-refractivity contribution is 0.717. The van der Waals surface area contributed by atoms with Crippen molar-refractivity contribution < 1.29 is 0 Å². The van der Waals surface area contributed by atoms with Gasteiger partial charge in [0.15, 0.2) is 0 Å². The molecule has 3 heteroatoms. The number of hydrogen-bond acceptors (Lipinski definition) is 3. The molecule has 80 valence electrons. The molecule has 0 spiro atoms. The summed E-state index contributed by atoms with van der Waals surface area (Å²) in [5.74, 6) is 1.55. The van der Waals surface area contributed by atoms with Crippen LogP contribution in [0.1, 0.15) is 25.7 Å². The van der Waals surface area contributed by atoms with Crippen LogP contribution in [0.5, 0.6) is 0 Å². The van der Waals surface area contributed by atoms with Gasteiger partial charge in [0.25, 0.3) is 0 Å². The third kappa shape index (κ3) is 2.06. The zero-order valence-corrected chi connectivity index (χ0v) is 8.89. The summed E-state index contributed by atoms with van der Waals surface area (Å²) in [6, 6.07) is 4.77. The second-order valence-electron chi connectivity index (χ2n) is 4.77. The highest BCUT2D eigenvalue weighted by molar-refractivity contribution is 5.50. The third-order valence-electron chi connectivity index (χ3n) is 3.24. The van der Waals surface area contributed by atoms with Crippen molar-refractivity contribution in [3.05, 3.63) is 18.3 Å². The maximum Gasteiger partial charge on any atom is 0.123 e. The van der Waals surface area contributed by atoms with Crippen molar-refractivity contribution in [2.24, 2.45) is 5.92 Å². The molecule has 0 bridgehead atoms.